The van der Waals surface area contributed by atoms with E-state index in [1.165, 1.54) is 11.3 Å². The molecule has 3 aromatic rings. The molecule has 0 saturated carbocycles. The summed E-state index contributed by atoms with van der Waals surface area (Å²) in [5.41, 5.74) is 4.04. The summed E-state index contributed by atoms with van der Waals surface area (Å²) in [4.78, 5) is 35.5. The van der Waals surface area contributed by atoms with Crippen LogP contribution in [-0.4, -0.2) is 63.5 Å². The minimum atomic E-state index is -0.201. The van der Waals surface area contributed by atoms with Crippen molar-refractivity contribution in [1.29, 1.82) is 5.26 Å². The molecule has 35 heavy (non-hydrogen) atoms. The predicted molar refractivity (Wildman–Crippen MR) is 137 cm³/mol. The molecule has 2 aromatic heterocycles. The number of benzene rings is 1. The van der Waals surface area contributed by atoms with E-state index in [1.807, 2.05) is 27.7 Å². The van der Waals surface area contributed by atoms with E-state index in [0.29, 0.717) is 34.2 Å². The van der Waals surface area contributed by atoms with Gasteiger partial charge in [0.25, 0.3) is 5.91 Å². The number of piperazine rings is 1. The highest BCUT2D eigenvalue weighted by Gasteiger charge is 2.20. The molecule has 2 N–H and O–H groups in total. The van der Waals surface area contributed by atoms with Crippen LogP contribution in [0, 0.1) is 39.0 Å². The minimum Gasteiger partial charge on any atom is -0.338 e. The normalized spacial score (nSPS) is 14.0. The van der Waals surface area contributed by atoms with Crippen LogP contribution >= 0.6 is 11.3 Å². The highest BCUT2D eigenvalue weighted by molar-refractivity contribution is 7.17. The Morgan fingerprint density at radius 2 is 1.80 bits per heavy atom. The fraction of sp³-hybridized carbons (Fsp3) is 0.417. The first-order chi connectivity index (χ1) is 16.8. The number of carbonyl (C=O) groups excluding carboxylic acids is 1. The number of nitrogens with one attached hydrogen (secondary N) is 2. The lowest BCUT2D eigenvalue weighted by atomic mass is 10.1. The number of nitriles is 1. The molecule has 0 radical (unpaired) electrons. The summed E-state index contributed by atoms with van der Waals surface area (Å²) in [5.74, 6) is 1.40. The van der Waals surface area contributed by atoms with E-state index >= 15 is 0 Å². The van der Waals surface area contributed by atoms with Gasteiger partial charge in [-0.3, -0.25) is 15.0 Å². The zero-order valence-corrected chi connectivity index (χ0v) is 21.2. The van der Waals surface area contributed by atoms with Crippen molar-refractivity contribution in [2.45, 2.75) is 34.1 Å². The highest BCUT2D eigenvalue weighted by atomic mass is 32.1. The number of anilines is 4. The third-order valence-corrected chi connectivity index (χ3v) is 6.71. The van der Waals surface area contributed by atoms with Gasteiger partial charge in [0.1, 0.15) is 10.7 Å². The number of rotatable bonds is 7. The van der Waals surface area contributed by atoms with E-state index in [4.69, 9.17) is 5.26 Å². The van der Waals surface area contributed by atoms with Crippen LogP contribution in [0.3, 0.4) is 0 Å². The van der Waals surface area contributed by atoms with Crippen molar-refractivity contribution < 1.29 is 4.79 Å². The topological polar surface area (TPSA) is 123 Å². The van der Waals surface area contributed by atoms with Crippen LogP contribution in [0.25, 0.3) is 0 Å². The van der Waals surface area contributed by atoms with Gasteiger partial charge < -0.3 is 10.2 Å². The van der Waals surface area contributed by atoms with Gasteiger partial charge >= 0.3 is 0 Å². The third kappa shape index (κ3) is 6.09. The number of amides is 1. The van der Waals surface area contributed by atoms with Gasteiger partial charge in [-0.25, -0.2) is 4.98 Å². The van der Waals surface area contributed by atoms with Crippen LogP contribution in [0.5, 0.6) is 0 Å². The Hall–Kier alpha value is -3.62. The van der Waals surface area contributed by atoms with Gasteiger partial charge in [-0.05, 0) is 38.8 Å². The quantitative estimate of drug-likeness (QED) is 0.510. The van der Waals surface area contributed by atoms with Gasteiger partial charge in [-0.1, -0.05) is 29.0 Å². The van der Waals surface area contributed by atoms with Gasteiger partial charge in [0.2, 0.25) is 11.9 Å². The first-order valence-electron chi connectivity index (χ1n) is 11.5. The van der Waals surface area contributed by atoms with E-state index in [1.54, 1.807) is 6.20 Å². The number of hydrogen-bond donors (Lipinski definition) is 2. The number of thiazole rings is 1. The minimum absolute atomic E-state index is 0.201. The third-order valence-electron chi connectivity index (χ3n) is 5.79. The van der Waals surface area contributed by atoms with Crippen LogP contribution in [0.2, 0.25) is 0 Å². The molecule has 182 valence electrons. The SMILES string of the molecule is Cc1cc(C)c(NC(=O)c2cnc(Nc3nc(C)nc(N4CCN(CCC#N)CC4)n3)s2)c(C)c1. The molecule has 1 aromatic carbocycles. The summed E-state index contributed by atoms with van der Waals surface area (Å²) in [7, 11) is 0. The maximum atomic E-state index is 12.8. The lowest BCUT2D eigenvalue weighted by Crippen LogP contribution is -2.47. The van der Waals surface area contributed by atoms with E-state index in [9.17, 15) is 4.79 Å². The predicted octanol–water partition coefficient (Wildman–Crippen LogP) is 3.59. The Morgan fingerprint density at radius 3 is 2.49 bits per heavy atom. The molecule has 0 bridgehead atoms. The molecule has 1 aliphatic rings. The number of hydrogen-bond acceptors (Lipinski definition) is 10. The van der Waals surface area contributed by atoms with Gasteiger partial charge in [-0.2, -0.15) is 20.2 Å². The smallest absolute Gasteiger partial charge is 0.267 e. The molecule has 1 amide bonds. The fourth-order valence-corrected chi connectivity index (χ4v) is 4.83. The number of nitrogens with zero attached hydrogens (tertiary/aromatic N) is 7. The second kappa shape index (κ2) is 10.8. The Kier molecular flexibility index (Phi) is 7.53. The second-order valence-electron chi connectivity index (χ2n) is 8.63. The Bertz CT molecular complexity index is 1240. The monoisotopic (exact) mass is 491 g/mol. The Labute approximate surface area is 209 Å². The molecule has 0 unspecified atom stereocenters. The summed E-state index contributed by atoms with van der Waals surface area (Å²) in [6.45, 7) is 11.9. The van der Waals surface area contributed by atoms with Crippen LogP contribution in [-0.2, 0) is 0 Å². The van der Waals surface area contributed by atoms with Crippen LogP contribution in [0.4, 0.5) is 22.7 Å². The maximum absolute atomic E-state index is 12.8. The zero-order chi connectivity index (χ0) is 24.9. The molecule has 1 saturated heterocycles. The average Bonchev–Trinajstić information content (AvgIpc) is 3.28. The van der Waals surface area contributed by atoms with E-state index in [-0.39, 0.29) is 5.91 Å². The van der Waals surface area contributed by atoms with Crippen LogP contribution in [0.15, 0.2) is 18.3 Å². The van der Waals surface area contributed by atoms with Crippen molar-refractivity contribution in [3.63, 3.8) is 0 Å². The van der Waals surface area contributed by atoms with E-state index in [2.05, 4.69) is 58.6 Å². The van der Waals surface area contributed by atoms with Gasteiger partial charge in [0.05, 0.1) is 12.3 Å². The molecule has 1 aliphatic heterocycles. The summed E-state index contributed by atoms with van der Waals surface area (Å²) < 4.78 is 0. The lowest BCUT2D eigenvalue weighted by Gasteiger charge is -2.34. The molecule has 3 heterocycles. The molecular weight excluding hydrogens is 462 g/mol. The summed E-state index contributed by atoms with van der Waals surface area (Å²) in [6.07, 6.45) is 2.09. The summed E-state index contributed by atoms with van der Waals surface area (Å²) in [5, 5.41) is 15.5. The molecule has 1 fully saturated rings. The van der Waals surface area contributed by atoms with Crippen LogP contribution in [0.1, 0.15) is 38.6 Å². The lowest BCUT2D eigenvalue weighted by molar-refractivity contribution is 0.103. The largest absolute Gasteiger partial charge is 0.338 e. The Morgan fingerprint density at radius 1 is 1.09 bits per heavy atom. The standard InChI is InChI=1S/C24H29N9OS/c1-15-12-16(2)20(17(3)13-15)29-21(34)19-14-26-24(35-19)31-22-27-18(4)28-23(30-22)33-10-8-32(9-11-33)7-5-6-25/h12-14H,5,7-11H2,1-4H3,(H,29,34)(H,26,27,28,30,31). The van der Waals surface area contributed by atoms with Crippen molar-refractivity contribution >= 4 is 40.0 Å². The van der Waals surface area contributed by atoms with Crippen molar-refractivity contribution in [3.05, 3.63) is 45.7 Å². The number of carbonyl (C=O) groups is 1. The van der Waals surface area contributed by atoms with Gasteiger partial charge in [-0.15, -0.1) is 0 Å². The zero-order valence-electron chi connectivity index (χ0n) is 20.4. The molecule has 0 spiro atoms. The van der Waals surface area contributed by atoms with Crippen molar-refractivity contribution in [3.8, 4) is 6.07 Å². The van der Waals surface area contributed by atoms with Crippen LogP contribution < -0.4 is 15.5 Å². The van der Waals surface area contributed by atoms with E-state index in [0.717, 1.165) is 55.1 Å². The first-order valence-corrected chi connectivity index (χ1v) is 12.3. The maximum Gasteiger partial charge on any atom is 0.267 e. The second-order valence-corrected chi connectivity index (χ2v) is 9.66. The number of aryl methyl sites for hydroxylation is 4. The fourth-order valence-electron chi connectivity index (χ4n) is 4.13. The average molecular weight is 492 g/mol. The molecule has 10 nitrogen and oxygen atoms in total. The van der Waals surface area contributed by atoms with Gasteiger partial charge in [0, 0.05) is 44.8 Å². The molecule has 0 aliphatic carbocycles. The molecule has 4 rings (SSSR count). The molecular formula is C24H29N9OS. The Balaban J connectivity index is 1.42. The van der Waals surface area contributed by atoms with E-state index < -0.39 is 0 Å². The summed E-state index contributed by atoms with van der Waals surface area (Å²) in [6, 6.07) is 6.30. The van der Waals surface area contributed by atoms with Crippen molar-refractivity contribution in [1.82, 2.24) is 24.8 Å². The highest BCUT2D eigenvalue weighted by Crippen LogP contribution is 2.26. The van der Waals surface area contributed by atoms with Crippen molar-refractivity contribution in [2.75, 3.05) is 48.3 Å². The molecule has 0 atom stereocenters. The summed E-state index contributed by atoms with van der Waals surface area (Å²) >= 11 is 1.24. The van der Waals surface area contributed by atoms with Crippen molar-refractivity contribution in [2.24, 2.45) is 0 Å². The first kappa shape index (κ1) is 24.5. The van der Waals surface area contributed by atoms with Gasteiger partial charge in [0.15, 0.2) is 5.13 Å². The molecule has 11 heteroatoms. The number of aromatic nitrogens is 4.